The van der Waals surface area contributed by atoms with Crippen LogP contribution in [0.2, 0.25) is 0 Å². The normalized spacial score (nSPS) is 12.1. The number of nitrogens with one attached hydrogen (secondary N) is 1. The molecule has 0 aliphatic rings. The van der Waals surface area contributed by atoms with E-state index in [0.717, 1.165) is 0 Å². The van der Waals surface area contributed by atoms with Gasteiger partial charge in [0.05, 0.1) is 6.33 Å². The summed E-state index contributed by atoms with van der Waals surface area (Å²) < 4.78 is 1.84. The van der Waals surface area contributed by atoms with Crippen molar-refractivity contribution >= 4 is 11.9 Å². The van der Waals surface area contributed by atoms with Crippen molar-refractivity contribution in [2.24, 2.45) is 0 Å². The molecule has 0 aromatic carbocycles. The van der Waals surface area contributed by atoms with Crippen molar-refractivity contribution in [1.82, 2.24) is 14.9 Å². The maximum atomic E-state index is 11.6. The molecule has 0 aliphatic heterocycles. The Kier molecular flexibility index (Phi) is 5.90. The molecular formula is C12H19N3O3. The number of carboxylic acids is 1. The summed E-state index contributed by atoms with van der Waals surface area (Å²) in [5, 5.41) is 11.4. The fraction of sp³-hybridized carbons (Fsp3) is 0.583. The van der Waals surface area contributed by atoms with Crippen molar-refractivity contribution in [1.29, 1.82) is 0 Å². The van der Waals surface area contributed by atoms with Gasteiger partial charge in [-0.15, -0.1) is 0 Å². The van der Waals surface area contributed by atoms with E-state index in [1.165, 1.54) is 0 Å². The maximum absolute atomic E-state index is 11.6. The number of carbonyl (C=O) groups is 2. The molecule has 0 spiro atoms. The quantitative estimate of drug-likeness (QED) is 0.724. The molecule has 0 saturated heterocycles. The summed E-state index contributed by atoms with van der Waals surface area (Å²) in [6, 6.07) is 0.0136. The molecule has 0 fully saturated rings. The Bertz CT molecular complexity index is 376. The van der Waals surface area contributed by atoms with Crippen LogP contribution >= 0.6 is 0 Å². The van der Waals surface area contributed by atoms with E-state index in [0.29, 0.717) is 25.8 Å². The Morgan fingerprint density at radius 2 is 2.22 bits per heavy atom. The number of aromatic nitrogens is 2. The number of rotatable bonds is 8. The van der Waals surface area contributed by atoms with Gasteiger partial charge >= 0.3 is 5.97 Å². The summed E-state index contributed by atoms with van der Waals surface area (Å²) in [7, 11) is 0. The van der Waals surface area contributed by atoms with E-state index >= 15 is 0 Å². The van der Waals surface area contributed by atoms with Crippen molar-refractivity contribution in [3.05, 3.63) is 18.7 Å². The second kappa shape index (κ2) is 7.47. The topological polar surface area (TPSA) is 84.2 Å². The Balaban J connectivity index is 2.13. The zero-order valence-corrected chi connectivity index (χ0v) is 10.5. The molecule has 0 radical (unpaired) electrons. The number of nitrogens with zero attached hydrogens (tertiary/aromatic N) is 2. The second-order valence-electron chi connectivity index (χ2n) is 4.31. The van der Waals surface area contributed by atoms with Gasteiger partial charge in [0, 0.05) is 37.8 Å². The van der Waals surface area contributed by atoms with Crippen molar-refractivity contribution in [3.8, 4) is 0 Å². The molecule has 1 atom stereocenters. The van der Waals surface area contributed by atoms with E-state index in [1.807, 2.05) is 17.7 Å². The average Bonchev–Trinajstić information content (AvgIpc) is 2.78. The number of hydrogen-bond donors (Lipinski definition) is 2. The lowest BCUT2D eigenvalue weighted by Gasteiger charge is -2.13. The van der Waals surface area contributed by atoms with Gasteiger partial charge in [0.15, 0.2) is 0 Å². The summed E-state index contributed by atoms with van der Waals surface area (Å²) in [6.07, 6.45) is 6.97. The van der Waals surface area contributed by atoms with Crippen LogP contribution in [0.25, 0.3) is 0 Å². The molecule has 100 valence electrons. The van der Waals surface area contributed by atoms with Gasteiger partial charge in [-0.3, -0.25) is 9.59 Å². The third-order valence-electron chi connectivity index (χ3n) is 2.59. The van der Waals surface area contributed by atoms with Gasteiger partial charge in [-0.25, -0.2) is 4.98 Å². The molecule has 1 aromatic rings. The molecular weight excluding hydrogens is 234 g/mol. The van der Waals surface area contributed by atoms with Gasteiger partial charge in [-0.1, -0.05) is 0 Å². The molecule has 0 saturated carbocycles. The zero-order valence-electron chi connectivity index (χ0n) is 10.5. The molecule has 1 rings (SSSR count). The van der Waals surface area contributed by atoms with Crippen molar-refractivity contribution in [3.63, 3.8) is 0 Å². The number of imidazole rings is 1. The van der Waals surface area contributed by atoms with Gasteiger partial charge in [0.25, 0.3) is 0 Å². The molecule has 18 heavy (non-hydrogen) atoms. The first-order chi connectivity index (χ1) is 8.58. The second-order valence-corrected chi connectivity index (χ2v) is 4.31. The van der Waals surface area contributed by atoms with Crippen LogP contribution in [-0.4, -0.2) is 32.6 Å². The number of aliphatic carboxylic acids is 1. The van der Waals surface area contributed by atoms with Crippen LogP contribution < -0.4 is 5.32 Å². The fourth-order valence-corrected chi connectivity index (χ4v) is 1.63. The molecule has 2 N–H and O–H groups in total. The number of carboxylic acid groups (broad SMARTS) is 1. The van der Waals surface area contributed by atoms with Crippen LogP contribution in [-0.2, 0) is 16.1 Å². The highest BCUT2D eigenvalue weighted by molar-refractivity contribution is 5.76. The first-order valence-corrected chi connectivity index (χ1v) is 6.05. The predicted octanol–water partition coefficient (Wildman–Crippen LogP) is 1.03. The van der Waals surface area contributed by atoms with Crippen LogP contribution in [0.1, 0.15) is 32.6 Å². The first-order valence-electron chi connectivity index (χ1n) is 6.05. The average molecular weight is 253 g/mol. The molecule has 1 amide bonds. The summed E-state index contributed by atoms with van der Waals surface area (Å²) in [6.45, 7) is 2.49. The van der Waals surface area contributed by atoms with E-state index < -0.39 is 5.97 Å². The number of amides is 1. The van der Waals surface area contributed by atoms with Gasteiger partial charge in [-0.2, -0.15) is 0 Å². The SMILES string of the molecule is CC(CCCC(=O)O)NC(=O)CCn1ccnc1. The number of hydrogen-bond acceptors (Lipinski definition) is 3. The van der Waals surface area contributed by atoms with Gasteiger partial charge < -0.3 is 15.0 Å². The smallest absolute Gasteiger partial charge is 0.303 e. The molecule has 1 aromatic heterocycles. The minimum atomic E-state index is -0.798. The van der Waals surface area contributed by atoms with E-state index in [-0.39, 0.29) is 18.4 Å². The largest absolute Gasteiger partial charge is 0.481 e. The molecule has 1 unspecified atom stereocenters. The Morgan fingerprint density at radius 3 is 2.83 bits per heavy atom. The standard InChI is InChI=1S/C12H19N3O3/c1-10(3-2-4-12(17)18)14-11(16)5-7-15-8-6-13-9-15/h6,8-10H,2-5,7H2,1H3,(H,14,16)(H,17,18). The Morgan fingerprint density at radius 1 is 1.44 bits per heavy atom. The van der Waals surface area contributed by atoms with Crippen molar-refractivity contribution < 1.29 is 14.7 Å². The summed E-state index contributed by atoms with van der Waals surface area (Å²) >= 11 is 0. The Labute approximate surface area is 106 Å². The minimum Gasteiger partial charge on any atom is -0.481 e. The summed E-state index contributed by atoms with van der Waals surface area (Å²) in [5.74, 6) is -0.819. The van der Waals surface area contributed by atoms with Crippen LogP contribution in [0.15, 0.2) is 18.7 Å². The number of aryl methyl sites for hydroxylation is 1. The van der Waals surface area contributed by atoms with Crippen molar-refractivity contribution in [2.45, 2.75) is 45.2 Å². The van der Waals surface area contributed by atoms with Gasteiger partial charge in [0.1, 0.15) is 0 Å². The summed E-state index contributed by atoms with van der Waals surface area (Å²) in [5.41, 5.74) is 0. The third-order valence-corrected chi connectivity index (χ3v) is 2.59. The molecule has 0 aliphatic carbocycles. The van der Waals surface area contributed by atoms with Crippen molar-refractivity contribution in [2.75, 3.05) is 0 Å². The lowest BCUT2D eigenvalue weighted by molar-refractivity contribution is -0.137. The Hall–Kier alpha value is -1.85. The lowest BCUT2D eigenvalue weighted by atomic mass is 10.1. The van der Waals surface area contributed by atoms with Crippen LogP contribution in [0.5, 0.6) is 0 Å². The highest BCUT2D eigenvalue weighted by Crippen LogP contribution is 2.01. The van der Waals surface area contributed by atoms with Gasteiger partial charge in [-0.05, 0) is 19.8 Å². The van der Waals surface area contributed by atoms with E-state index in [9.17, 15) is 9.59 Å². The van der Waals surface area contributed by atoms with E-state index in [2.05, 4.69) is 10.3 Å². The predicted molar refractivity (Wildman–Crippen MR) is 65.9 cm³/mol. The number of carbonyl (C=O) groups excluding carboxylic acids is 1. The lowest BCUT2D eigenvalue weighted by Crippen LogP contribution is -2.33. The van der Waals surface area contributed by atoms with Gasteiger partial charge in [0.2, 0.25) is 5.91 Å². The van der Waals surface area contributed by atoms with Crippen LogP contribution in [0.3, 0.4) is 0 Å². The maximum Gasteiger partial charge on any atom is 0.303 e. The van der Waals surface area contributed by atoms with Crippen LogP contribution in [0, 0.1) is 0 Å². The molecule has 6 nitrogen and oxygen atoms in total. The summed E-state index contributed by atoms with van der Waals surface area (Å²) in [4.78, 5) is 25.8. The monoisotopic (exact) mass is 253 g/mol. The highest BCUT2D eigenvalue weighted by Gasteiger charge is 2.08. The molecule has 1 heterocycles. The zero-order chi connectivity index (χ0) is 13.4. The van der Waals surface area contributed by atoms with Crippen LogP contribution in [0.4, 0.5) is 0 Å². The minimum absolute atomic E-state index is 0.0136. The van der Waals surface area contributed by atoms with E-state index in [1.54, 1.807) is 12.5 Å². The highest BCUT2D eigenvalue weighted by atomic mass is 16.4. The van der Waals surface area contributed by atoms with E-state index in [4.69, 9.17) is 5.11 Å². The fourth-order valence-electron chi connectivity index (χ4n) is 1.63. The third kappa shape index (κ3) is 6.03. The first kappa shape index (κ1) is 14.2. The molecule has 0 bridgehead atoms. The molecule has 6 heteroatoms.